The third kappa shape index (κ3) is 4.46. The molecule has 154 valence electrons. The molecule has 0 aromatic heterocycles. The molecule has 1 aromatic carbocycles. The molecule has 0 atom stereocenters. The van der Waals surface area contributed by atoms with Gasteiger partial charge in [0.25, 0.3) is 5.91 Å². The Morgan fingerprint density at radius 2 is 1.61 bits per heavy atom. The molecule has 0 radical (unpaired) electrons. The van der Waals surface area contributed by atoms with Crippen LogP contribution in [0.5, 0.6) is 5.75 Å². The highest BCUT2D eigenvalue weighted by molar-refractivity contribution is 6.62. The molecular weight excluding hydrogens is 374 g/mol. The fourth-order valence-corrected chi connectivity index (χ4v) is 3.33. The van der Waals surface area contributed by atoms with E-state index in [4.69, 9.17) is 9.31 Å². The maximum atomic E-state index is 12.8. The van der Waals surface area contributed by atoms with Gasteiger partial charge in [0.2, 0.25) is 0 Å². The van der Waals surface area contributed by atoms with E-state index >= 15 is 0 Å². The largest absolute Gasteiger partial charge is 0.573 e. The minimum Gasteiger partial charge on any atom is -0.406 e. The van der Waals surface area contributed by atoms with E-state index in [2.05, 4.69) is 4.74 Å². The molecule has 2 heterocycles. The van der Waals surface area contributed by atoms with Crippen LogP contribution in [0.25, 0.3) is 0 Å². The van der Waals surface area contributed by atoms with Gasteiger partial charge in [0.05, 0.1) is 11.2 Å². The molecule has 0 spiro atoms. The minimum atomic E-state index is -4.86. The zero-order valence-electron chi connectivity index (χ0n) is 16.6. The third-order valence-corrected chi connectivity index (χ3v) is 5.58. The van der Waals surface area contributed by atoms with Gasteiger partial charge in [-0.15, -0.1) is 13.2 Å². The lowest BCUT2D eigenvalue weighted by Crippen LogP contribution is -2.41. The highest BCUT2D eigenvalue weighted by Crippen LogP contribution is 2.37. The van der Waals surface area contributed by atoms with E-state index in [0.717, 1.165) is 25.3 Å². The summed E-state index contributed by atoms with van der Waals surface area (Å²) in [5.74, 6) is -0.773. The average molecular weight is 399 g/mol. The molecule has 1 amide bonds. The van der Waals surface area contributed by atoms with E-state index in [9.17, 15) is 18.0 Å². The number of rotatable bonds is 3. The van der Waals surface area contributed by atoms with Crippen LogP contribution in [-0.4, -0.2) is 48.6 Å². The Hall–Kier alpha value is -1.74. The number of amides is 1. The van der Waals surface area contributed by atoms with E-state index in [0.29, 0.717) is 18.6 Å². The summed E-state index contributed by atoms with van der Waals surface area (Å²) in [4.78, 5) is 14.5. The predicted octanol–water partition coefficient (Wildman–Crippen LogP) is 3.51. The van der Waals surface area contributed by atoms with Crippen LogP contribution >= 0.6 is 0 Å². The molecular formula is C19H25BF3NO4. The maximum absolute atomic E-state index is 12.8. The summed E-state index contributed by atoms with van der Waals surface area (Å²) >= 11 is 0. The fraction of sp³-hybridized carbons (Fsp3) is 0.632. The lowest BCUT2D eigenvalue weighted by Gasteiger charge is -2.32. The van der Waals surface area contributed by atoms with Crippen LogP contribution in [0, 0.1) is 0 Å². The summed E-state index contributed by atoms with van der Waals surface area (Å²) < 4.78 is 54.4. The Bertz CT molecular complexity index is 729. The molecule has 3 rings (SSSR count). The zero-order valence-corrected chi connectivity index (χ0v) is 16.6. The lowest BCUT2D eigenvalue weighted by molar-refractivity contribution is -0.274. The summed E-state index contributed by atoms with van der Waals surface area (Å²) in [6.45, 7) is 8.58. The normalized spacial score (nSPS) is 21.7. The molecule has 5 nitrogen and oxygen atoms in total. The third-order valence-electron chi connectivity index (χ3n) is 5.58. The molecule has 0 saturated carbocycles. The summed E-state index contributed by atoms with van der Waals surface area (Å²) in [5.41, 5.74) is -0.861. The molecule has 28 heavy (non-hydrogen) atoms. The van der Waals surface area contributed by atoms with Crippen molar-refractivity contribution < 1.29 is 32.0 Å². The first-order chi connectivity index (χ1) is 12.9. The first kappa shape index (κ1) is 21.0. The van der Waals surface area contributed by atoms with Gasteiger partial charge >= 0.3 is 13.5 Å². The summed E-state index contributed by atoms with van der Waals surface area (Å²) in [6, 6.07) is 3.87. The minimum absolute atomic E-state index is 0.133. The van der Waals surface area contributed by atoms with Crippen LogP contribution in [0.3, 0.4) is 0 Å². The van der Waals surface area contributed by atoms with Crippen molar-refractivity contribution >= 4 is 18.5 Å². The van der Waals surface area contributed by atoms with Crippen molar-refractivity contribution in [2.24, 2.45) is 0 Å². The predicted molar refractivity (Wildman–Crippen MR) is 98.6 cm³/mol. The second-order valence-corrected chi connectivity index (χ2v) is 8.28. The van der Waals surface area contributed by atoms with Gasteiger partial charge in [-0.3, -0.25) is 4.79 Å². The van der Waals surface area contributed by atoms with Crippen LogP contribution < -0.4 is 10.2 Å². The van der Waals surface area contributed by atoms with E-state index in [1.54, 1.807) is 4.90 Å². The zero-order chi connectivity index (χ0) is 20.7. The van der Waals surface area contributed by atoms with Crippen molar-refractivity contribution in [2.45, 2.75) is 64.5 Å². The Balaban J connectivity index is 1.95. The lowest BCUT2D eigenvalue weighted by atomic mass is 9.78. The van der Waals surface area contributed by atoms with Crippen molar-refractivity contribution in [2.75, 3.05) is 13.1 Å². The van der Waals surface area contributed by atoms with Gasteiger partial charge in [0.15, 0.2) is 0 Å². The summed E-state index contributed by atoms with van der Waals surface area (Å²) in [5, 5.41) is 0. The van der Waals surface area contributed by atoms with Crippen LogP contribution in [-0.2, 0) is 9.31 Å². The van der Waals surface area contributed by atoms with Crippen molar-refractivity contribution in [3.05, 3.63) is 23.8 Å². The standard InChI is InChI=1S/C19H25BF3NO4/c1-17(2)18(3,4)28-20(27-17)14-10-13(11-15(12-14)26-19(21,22)23)16(25)24-8-6-5-7-9-24/h10-12H,5-9H2,1-4H3. The second kappa shape index (κ2) is 7.26. The fourth-order valence-electron chi connectivity index (χ4n) is 3.33. The summed E-state index contributed by atoms with van der Waals surface area (Å²) in [7, 11) is -0.894. The first-order valence-electron chi connectivity index (χ1n) is 9.44. The number of nitrogens with zero attached hydrogens (tertiary/aromatic N) is 1. The van der Waals surface area contributed by atoms with Crippen LogP contribution in [0.15, 0.2) is 18.2 Å². The number of halogens is 3. The van der Waals surface area contributed by atoms with Gasteiger partial charge in [-0.05, 0) is 70.6 Å². The average Bonchev–Trinajstić information content (AvgIpc) is 2.81. The number of likely N-dealkylation sites (tertiary alicyclic amines) is 1. The molecule has 0 N–H and O–H groups in total. The topological polar surface area (TPSA) is 48.0 Å². The molecule has 0 bridgehead atoms. The van der Waals surface area contributed by atoms with E-state index in [1.807, 2.05) is 27.7 Å². The van der Waals surface area contributed by atoms with Crippen molar-refractivity contribution in [1.82, 2.24) is 4.90 Å². The van der Waals surface area contributed by atoms with Gasteiger partial charge in [-0.2, -0.15) is 0 Å². The molecule has 0 unspecified atom stereocenters. The number of hydrogen-bond donors (Lipinski definition) is 0. The molecule has 0 aliphatic carbocycles. The van der Waals surface area contributed by atoms with E-state index in [-0.39, 0.29) is 11.5 Å². The Morgan fingerprint density at radius 1 is 1.04 bits per heavy atom. The van der Waals surface area contributed by atoms with Crippen molar-refractivity contribution in [3.8, 4) is 5.75 Å². The van der Waals surface area contributed by atoms with Crippen LogP contribution in [0.4, 0.5) is 13.2 Å². The van der Waals surface area contributed by atoms with Gasteiger partial charge in [0.1, 0.15) is 5.75 Å². The van der Waals surface area contributed by atoms with E-state index in [1.165, 1.54) is 12.1 Å². The van der Waals surface area contributed by atoms with E-state index < -0.39 is 30.4 Å². The Kier molecular flexibility index (Phi) is 5.44. The number of carbonyl (C=O) groups excluding carboxylic acids is 1. The number of alkyl halides is 3. The molecule has 1 aromatic rings. The molecule has 9 heteroatoms. The molecule has 2 fully saturated rings. The molecule has 2 aliphatic rings. The maximum Gasteiger partial charge on any atom is 0.573 e. The van der Waals surface area contributed by atoms with Gasteiger partial charge < -0.3 is 18.9 Å². The first-order valence-corrected chi connectivity index (χ1v) is 9.44. The number of ether oxygens (including phenoxy) is 1. The number of carbonyl (C=O) groups is 1. The van der Waals surface area contributed by atoms with Crippen molar-refractivity contribution in [3.63, 3.8) is 0 Å². The number of piperidine rings is 1. The highest BCUT2D eigenvalue weighted by Gasteiger charge is 2.52. The van der Waals surface area contributed by atoms with Gasteiger partial charge in [-0.25, -0.2) is 0 Å². The second-order valence-electron chi connectivity index (χ2n) is 8.28. The highest BCUT2D eigenvalue weighted by atomic mass is 19.4. The van der Waals surface area contributed by atoms with Gasteiger partial charge in [-0.1, -0.05) is 0 Å². The van der Waals surface area contributed by atoms with Crippen LogP contribution in [0.2, 0.25) is 0 Å². The smallest absolute Gasteiger partial charge is 0.406 e. The van der Waals surface area contributed by atoms with Crippen LogP contribution in [0.1, 0.15) is 57.3 Å². The monoisotopic (exact) mass is 399 g/mol. The van der Waals surface area contributed by atoms with Crippen molar-refractivity contribution in [1.29, 1.82) is 0 Å². The Labute approximate surface area is 163 Å². The molecule has 2 aliphatic heterocycles. The van der Waals surface area contributed by atoms with Gasteiger partial charge in [0, 0.05) is 18.7 Å². The summed E-state index contributed by atoms with van der Waals surface area (Å²) in [6.07, 6.45) is -2.05. The quantitative estimate of drug-likeness (QED) is 0.730. The molecule has 2 saturated heterocycles. The number of benzene rings is 1. The Morgan fingerprint density at radius 3 is 2.14 bits per heavy atom. The SMILES string of the molecule is CC1(C)OB(c2cc(OC(F)(F)F)cc(C(=O)N3CCCCC3)c2)OC1(C)C. The number of hydrogen-bond acceptors (Lipinski definition) is 4.